The summed E-state index contributed by atoms with van der Waals surface area (Å²) in [6, 6.07) is 17.1. The lowest BCUT2D eigenvalue weighted by Gasteiger charge is -2.38. The molecule has 1 saturated carbocycles. The van der Waals surface area contributed by atoms with Gasteiger partial charge in [-0.1, -0.05) is 42.5 Å². The van der Waals surface area contributed by atoms with Gasteiger partial charge in [-0.25, -0.2) is 0 Å². The maximum absolute atomic E-state index is 12.5. The molecule has 0 unspecified atom stereocenters. The van der Waals surface area contributed by atoms with Crippen LogP contribution in [0.15, 0.2) is 54.6 Å². The fourth-order valence-electron chi connectivity index (χ4n) is 3.18. The van der Waals surface area contributed by atoms with Gasteiger partial charge in [0.1, 0.15) is 0 Å². The molecule has 1 fully saturated rings. The lowest BCUT2D eigenvalue weighted by molar-refractivity contribution is 0.0239. The van der Waals surface area contributed by atoms with E-state index >= 15 is 0 Å². The Morgan fingerprint density at radius 2 is 1.71 bits per heavy atom. The van der Waals surface area contributed by atoms with Crippen LogP contribution in [-0.2, 0) is 13.0 Å². The average molecular weight is 325 g/mol. The summed E-state index contributed by atoms with van der Waals surface area (Å²) in [7, 11) is 0. The normalized spacial score (nSPS) is 20.9. The summed E-state index contributed by atoms with van der Waals surface area (Å²) in [4.78, 5) is 12.5. The number of aliphatic hydroxyl groups is 2. The first-order chi connectivity index (χ1) is 11.7. The number of aliphatic hydroxyl groups excluding tert-OH is 2. The highest BCUT2D eigenvalue weighted by atomic mass is 16.3. The van der Waals surface area contributed by atoms with Crippen molar-refractivity contribution in [1.29, 1.82) is 0 Å². The van der Waals surface area contributed by atoms with Crippen LogP contribution in [0.4, 0.5) is 0 Å². The molecule has 126 valence electrons. The molecule has 1 aliphatic carbocycles. The highest BCUT2D eigenvalue weighted by Gasteiger charge is 2.34. The lowest BCUT2D eigenvalue weighted by atomic mass is 9.75. The van der Waals surface area contributed by atoms with E-state index in [0.29, 0.717) is 11.5 Å². The Labute approximate surface area is 142 Å². The van der Waals surface area contributed by atoms with Crippen LogP contribution in [0, 0.1) is 5.92 Å². The van der Waals surface area contributed by atoms with E-state index in [0.717, 1.165) is 24.8 Å². The molecule has 0 spiro atoms. The minimum absolute atomic E-state index is 0.0146. The SMILES string of the molecule is O=C(N[C@H](Cc1ccccc1)C1CC(O)C1)c1ccc(CO)cc1. The van der Waals surface area contributed by atoms with Crippen LogP contribution in [-0.4, -0.2) is 28.3 Å². The maximum atomic E-state index is 12.5. The first-order valence-corrected chi connectivity index (χ1v) is 8.38. The second-order valence-electron chi connectivity index (χ2n) is 6.51. The number of rotatable bonds is 6. The third-order valence-electron chi connectivity index (χ3n) is 4.73. The highest BCUT2D eigenvalue weighted by Crippen LogP contribution is 2.32. The molecular formula is C20H23NO3. The Morgan fingerprint density at radius 3 is 2.29 bits per heavy atom. The van der Waals surface area contributed by atoms with Crippen molar-refractivity contribution in [3.63, 3.8) is 0 Å². The maximum Gasteiger partial charge on any atom is 0.251 e. The van der Waals surface area contributed by atoms with Gasteiger partial charge in [-0.05, 0) is 48.4 Å². The first kappa shape index (κ1) is 16.7. The van der Waals surface area contributed by atoms with E-state index in [1.165, 1.54) is 5.56 Å². The minimum atomic E-state index is -0.242. The van der Waals surface area contributed by atoms with E-state index in [-0.39, 0.29) is 24.7 Å². The summed E-state index contributed by atoms with van der Waals surface area (Å²) in [5.41, 5.74) is 2.56. The van der Waals surface area contributed by atoms with Crippen LogP contribution in [0.25, 0.3) is 0 Å². The fraction of sp³-hybridized carbons (Fsp3) is 0.350. The summed E-state index contributed by atoms with van der Waals surface area (Å²) in [6.07, 6.45) is 2.00. The van der Waals surface area contributed by atoms with Gasteiger partial charge in [0, 0.05) is 11.6 Å². The molecule has 3 N–H and O–H groups in total. The van der Waals surface area contributed by atoms with Gasteiger partial charge in [0.25, 0.3) is 5.91 Å². The number of hydrogen-bond donors (Lipinski definition) is 3. The molecule has 24 heavy (non-hydrogen) atoms. The van der Waals surface area contributed by atoms with Crippen LogP contribution >= 0.6 is 0 Å². The van der Waals surface area contributed by atoms with Crippen molar-refractivity contribution >= 4 is 5.91 Å². The molecule has 2 aromatic carbocycles. The quantitative estimate of drug-likeness (QED) is 0.763. The molecule has 1 aliphatic rings. The Hall–Kier alpha value is -2.17. The van der Waals surface area contributed by atoms with E-state index in [9.17, 15) is 9.90 Å². The number of benzene rings is 2. The van der Waals surface area contributed by atoms with Crippen LogP contribution in [0.1, 0.15) is 34.3 Å². The highest BCUT2D eigenvalue weighted by molar-refractivity contribution is 5.94. The predicted octanol–water partition coefficient (Wildman–Crippen LogP) is 2.29. The Balaban J connectivity index is 1.69. The van der Waals surface area contributed by atoms with Gasteiger partial charge in [0.2, 0.25) is 0 Å². The Kier molecular flexibility index (Phi) is 5.28. The number of carbonyl (C=O) groups is 1. The third-order valence-corrected chi connectivity index (χ3v) is 4.73. The fourth-order valence-corrected chi connectivity index (χ4v) is 3.18. The molecule has 4 nitrogen and oxygen atoms in total. The van der Waals surface area contributed by atoms with Gasteiger partial charge in [-0.15, -0.1) is 0 Å². The first-order valence-electron chi connectivity index (χ1n) is 8.38. The summed E-state index contributed by atoms with van der Waals surface area (Å²) < 4.78 is 0. The average Bonchev–Trinajstić information content (AvgIpc) is 2.59. The molecule has 3 rings (SSSR count). The number of carbonyl (C=O) groups excluding carboxylic acids is 1. The third kappa shape index (κ3) is 4.02. The van der Waals surface area contributed by atoms with Gasteiger partial charge < -0.3 is 15.5 Å². The molecule has 1 atom stereocenters. The molecular weight excluding hydrogens is 302 g/mol. The van der Waals surface area contributed by atoms with E-state index < -0.39 is 0 Å². The minimum Gasteiger partial charge on any atom is -0.393 e. The van der Waals surface area contributed by atoms with Crippen molar-refractivity contribution in [2.24, 2.45) is 5.92 Å². The van der Waals surface area contributed by atoms with Crippen molar-refractivity contribution in [2.75, 3.05) is 0 Å². The lowest BCUT2D eigenvalue weighted by Crippen LogP contribution is -2.48. The molecule has 0 aromatic heterocycles. The van der Waals surface area contributed by atoms with E-state index in [1.54, 1.807) is 24.3 Å². The van der Waals surface area contributed by atoms with Gasteiger partial charge in [0.05, 0.1) is 12.7 Å². The molecule has 1 amide bonds. The zero-order valence-electron chi connectivity index (χ0n) is 13.6. The van der Waals surface area contributed by atoms with Gasteiger partial charge >= 0.3 is 0 Å². The van der Waals surface area contributed by atoms with Crippen LogP contribution in [0.5, 0.6) is 0 Å². The van der Waals surface area contributed by atoms with Crippen molar-refractivity contribution in [3.8, 4) is 0 Å². The van der Waals surface area contributed by atoms with E-state index in [1.807, 2.05) is 18.2 Å². The molecule has 0 saturated heterocycles. The molecule has 4 heteroatoms. The Morgan fingerprint density at radius 1 is 1.04 bits per heavy atom. The summed E-state index contributed by atoms with van der Waals surface area (Å²) in [5.74, 6) is 0.197. The van der Waals surface area contributed by atoms with Crippen LogP contribution < -0.4 is 5.32 Å². The molecule has 0 heterocycles. The summed E-state index contributed by atoms with van der Waals surface area (Å²) in [6.45, 7) is -0.0293. The number of hydrogen-bond acceptors (Lipinski definition) is 3. The molecule has 0 aliphatic heterocycles. The van der Waals surface area contributed by atoms with Gasteiger partial charge in [-0.2, -0.15) is 0 Å². The van der Waals surface area contributed by atoms with E-state index in [4.69, 9.17) is 5.11 Å². The molecule has 0 radical (unpaired) electrons. The number of nitrogens with one attached hydrogen (secondary N) is 1. The monoisotopic (exact) mass is 325 g/mol. The molecule has 0 bridgehead atoms. The smallest absolute Gasteiger partial charge is 0.251 e. The van der Waals surface area contributed by atoms with Crippen molar-refractivity contribution in [1.82, 2.24) is 5.32 Å². The zero-order valence-corrected chi connectivity index (χ0v) is 13.6. The van der Waals surface area contributed by atoms with Gasteiger partial charge in [0.15, 0.2) is 0 Å². The van der Waals surface area contributed by atoms with Crippen LogP contribution in [0.2, 0.25) is 0 Å². The summed E-state index contributed by atoms with van der Waals surface area (Å²) >= 11 is 0. The van der Waals surface area contributed by atoms with Crippen molar-refractivity contribution in [2.45, 2.75) is 38.0 Å². The topological polar surface area (TPSA) is 69.6 Å². The van der Waals surface area contributed by atoms with Crippen molar-refractivity contribution < 1.29 is 15.0 Å². The largest absolute Gasteiger partial charge is 0.393 e. The predicted molar refractivity (Wildman–Crippen MR) is 92.5 cm³/mol. The van der Waals surface area contributed by atoms with E-state index in [2.05, 4.69) is 17.4 Å². The second-order valence-corrected chi connectivity index (χ2v) is 6.51. The van der Waals surface area contributed by atoms with Gasteiger partial charge in [-0.3, -0.25) is 4.79 Å². The molecule has 2 aromatic rings. The van der Waals surface area contributed by atoms with Crippen LogP contribution in [0.3, 0.4) is 0 Å². The summed E-state index contributed by atoms with van der Waals surface area (Å²) in [5, 5.41) is 21.8. The number of amides is 1. The second kappa shape index (κ2) is 7.60. The standard InChI is InChI=1S/C20H23NO3/c22-13-15-6-8-16(9-7-15)20(24)21-19(17-11-18(23)12-17)10-14-4-2-1-3-5-14/h1-9,17-19,22-23H,10-13H2,(H,21,24)/t17?,18?,19-/m1/s1. The van der Waals surface area contributed by atoms with Crippen molar-refractivity contribution in [3.05, 3.63) is 71.3 Å². The zero-order chi connectivity index (χ0) is 16.9. The Bertz CT molecular complexity index is 663.